The maximum atomic E-state index is 9.96. The molecular weight excluding hydrogens is 733 g/mol. The van der Waals surface area contributed by atoms with E-state index in [0.29, 0.717) is 17.1 Å². The molecular formula is C54H32N6. The fourth-order valence-electron chi connectivity index (χ4n) is 8.66. The van der Waals surface area contributed by atoms with Crippen molar-refractivity contribution in [3.8, 4) is 62.5 Å². The van der Waals surface area contributed by atoms with Crippen molar-refractivity contribution in [1.82, 2.24) is 19.1 Å². The lowest BCUT2D eigenvalue weighted by Gasteiger charge is -2.20. The molecule has 11 rings (SSSR count). The van der Waals surface area contributed by atoms with E-state index in [9.17, 15) is 5.26 Å². The van der Waals surface area contributed by atoms with E-state index in [1.807, 2.05) is 84.9 Å². The smallest absolute Gasteiger partial charge is 0.188 e. The fraction of sp³-hybridized carbons (Fsp3) is 0. The number of hydrogen-bond donors (Lipinski definition) is 0. The van der Waals surface area contributed by atoms with E-state index in [-0.39, 0.29) is 0 Å². The summed E-state index contributed by atoms with van der Waals surface area (Å²) in [6.07, 6.45) is 0. The van der Waals surface area contributed by atoms with Gasteiger partial charge in [-0.2, -0.15) is 5.26 Å². The topological polar surface area (TPSA) is 63.8 Å². The molecule has 0 fully saturated rings. The lowest BCUT2D eigenvalue weighted by atomic mass is 9.96. The zero-order valence-corrected chi connectivity index (χ0v) is 32.2. The highest BCUT2D eigenvalue weighted by Gasteiger charge is 2.22. The van der Waals surface area contributed by atoms with Crippen LogP contribution in [0.2, 0.25) is 0 Å². The molecule has 0 aliphatic rings. The molecule has 0 radical (unpaired) electrons. The van der Waals surface area contributed by atoms with Crippen LogP contribution in [0.4, 0.5) is 5.69 Å². The Kier molecular flexibility index (Phi) is 8.15. The van der Waals surface area contributed by atoms with Crippen LogP contribution in [0.1, 0.15) is 5.56 Å². The van der Waals surface area contributed by atoms with E-state index in [4.69, 9.17) is 16.5 Å². The standard InChI is InChI=1S/C54H32N6/c1-56-39-26-29-53-45(32-39)43-30-35(34-55)24-27-51(43)60(53)52-28-25-38(47-33-46(36-14-4-2-5-15-36)57-54(58-47)37-16-6-3-7-17-37)31-44(52)42-20-10-13-23-50(42)59-48-21-11-8-18-40(48)41-19-9-12-22-49(41)59/h2-33H. The van der Waals surface area contributed by atoms with Crippen molar-refractivity contribution in [3.63, 3.8) is 0 Å². The first kappa shape index (κ1) is 34.7. The monoisotopic (exact) mass is 764 g/mol. The van der Waals surface area contributed by atoms with Gasteiger partial charge in [-0.25, -0.2) is 14.8 Å². The Morgan fingerprint density at radius 1 is 0.433 bits per heavy atom. The second-order valence-corrected chi connectivity index (χ2v) is 14.8. The largest absolute Gasteiger partial charge is 0.309 e. The molecule has 3 aromatic heterocycles. The zero-order valence-electron chi connectivity index (χ0n) is 32.2. The van der Waals surface area contributed by atoms with Crippen LogP contribution < -0.4 is 0 Å². The van der Waals surface area contributed by atoms with Crippen LogP contribution in [-0.4, -0.2) is 19.1 Å². The summed E-state index contributed by atoms with van der Waals surface area (Å²) in [6.45, 7) is 7.83. The minimum absolute atomic E-state index is 0.545. The van der Waals surface area contributed by atoms with Gasteiger partial charge < -0.3 is 9.13 Å². The second kappa shape index (κ2) is 14.1. The molecule has 0 bridgehead atoms. The van der Waals surface area contributed by atoms with Gasteiger partial charge in [-0.15, -0.1) is 0 Å². The maximum absolute atomic E-state index is 9.96. The van der Waals surface area contributed by atoms with Gasteiger partial charge in [0.05, 0.1) is 63.0 Å². The Morgan fingerprint density at radius 3 is 1.67 bits per heavy atom. The van der Waals surface area contributed by atoms with Gasteiger partial charge in [0.25, 0.3) is 0 Å². The third-order valence-corrected chi connectivity index (χ3v) is 11.4. The Balaban J connectivity index is 1.24. The van der Waals surface area contributed by atoms with E-state index in [1.165, 1.54) is 10.8 Å². The van der Waals surface area contributed by atoms with Gasteiger partial charge in [0, 0.05) is 44.0 Å². The molecule has 278 valence electrons. The highest BCUT2D eigenvalue weighted by atomic mass is 15.0. The summed E-state index contributed by atoms with van der Waals surface area (Å²) in [5, 5.41) is 14.2. The normalized spacial score (nSPS) is 11.3. The van der Waals surface area contributed by atoms with Crippen LogP contribution >= 0.6 is 0 Å². The molecule has 8 aromatic carbocycles. The van der Waals surface area contributed by atoms with Crippen LogP contribution in [0, 0.1) is 17.9 Å². The Labute approximate surface area is 346 Å². The molecule has 11 aromatic rings. The average Bonchev–Trinajstić information content (AvgIpc) is 3.83. The van der Waals surface area contributed by atoms with Crippen molar-refractivity contribution < 1.29 is 0 Å². The van der Waals surface area contributed by atoms with Gasteiger partial charge in [-0.3, -0.25) is 0 Å². The first-order valence-electron chi connectivity index (χ1n) is 19.8. The van der Waals surface area contributed by atoms with Crippen molar-refractivity contribution in [2.24, 2.45) is 0 Å². The Hall–Kier alpha value is -8.58. The van der Waals surface area contributed by atoms with Crippen LogP contribution in [0.15, 0.2) is 194 Å². The van der Waals surface area contributed by atoms with Gasteiger partial charge in [0.15, 0.2) is 11.5 Å². The molecule has 60 heavy (non-hydrogen) atoms. The summed E-state index contributed by atoms with van der Waals surface area (Å²) in [6, 6.07) is 68.7. The van der Waals surface area contributed by atoms with Crippen molar-refractivity contribution in [3.05, 3.63) is 211 Å². The van der Waals surface area contributed by atoms with E-state index >= 15 is 0 Å². The number of hydrogen-bond acceptors (Lipinski definition) is 3. The summed E-state index contributed by atoms with van der Waals surface area (Å²) < 4.78 is 4.64. The lowest BCUT2D eigenvalue weighted by Crippen LogP contribution is -2.02. The van der Waals surface area contributed by atoms with Gasteiger partial charge in [0.1, 0.15) is 0 Å². The summed E-state index contributed by atoms with van der Waals surface area (Å²) in [7, 11) is 0. The van der Waals surface area contributed by atoms with Gasteiger partial charge in [-0.05, 0) is 72.1 Å². The Morgan fingerprint density at radius 2 is 0.983 bits per heavy atom. The third-order valence-electron chi connectivity index (χ3n) is 11.4. The number of nitriles is 1. The Bertz CT molecular complexity index is 3380. The fourth-order valence-corrected chi connectivity index (χ4v) is 8.66. The molecule has 0 aliphatic carbocycles. The van der Waals surface area contributed by atoms with Crippen molar-refractivity contribution in [2.75, 3.05) is 0 Å². The maximum Gasteiger partial charge on any atom is 0.188 e. The summed E-state index contributed by atoms with van der Waals surface area (Å²) in [5.41, 5.74) is 13.7. The number of rotatable bonds is 6. The molecule has 6 nitrogen and oxygen atoms in total. The summed E-state index contributed by atoms with van der Waals surface area (Å²) >= 11 is 0. The van der Waals surface area contributed by atoms with Gasteiger partial charge >= 0.3 is 0 Å². The molecule has 0 saturated carbocycles. The van der Waals surface area contributed by atoms with Gasteiger partial charge in [0.2, 0.25) is 0 Å². The minimum atomic E-state index is 0.545. The van der Waals surface area contributed by atoms with Crippen LogP contribution in [0.25, 0.3) is 105 Å². The number of aromatic nitrogens is 4. The highest BCUT2D eigenvalue weighted by Crippen LogP contribution is 2.43. The number of nitrogens with zero attached hydrogens (tertiary/aromatic N) is 6. The van der Waals surface area contributed by atoms with E-state index < -0.39 is 0 Å². The average molecular weight is 765 g/mol. The quantitative estimate of drug-likeness (QED) is 0.158. The predicted molar refractivity (Wildman–Crippen MR) is 243 cm³/mol. The predicted octanol–water partition coefficient (Wildman–Crippen LogP) is 13.8. The molecule has 0 N–H and O–H groups in total. The molecule has 0 saturated heterocycles. The van der Waals surface area contributed by atoms with Crippen molar-refractivity contribution in [2.45, 2.75) is 0 Å². The molecule has 0 atom stereocenters. The summed E-state index contributed by atoms with van der Waals surface area (Å²) in [5.74, 6) is 0.648. The molecule has 0 aliphatic heterocycles. The minimum Gasteiger partial charge on any atom is -0.309 e. The van der Waals surface area contributed by atoms with Crippen molar-refractivity contribution in [1.29, 1.82) is 5.26 Å². The van der Waals surface area contributed by atoms with E-state index in [1.54, 1.807) is 0 Å². The van der Waals surface area contributed by atoms with E-state index in [0.717, 1.165) is 83.4 Å². The first-order valence-corrected chi connectivity index (χ1v) is 19.8. The second-order valence-electron chi connectivity index (χ2n) is 14.8. The molecule has 0 spiro atoms. The lowest BCUT2D eigenvalue weighted by molar-refractivity contribution is 1.16. The van der Waals surface area contributed by atoms with Crippen LogP contribution in [0.3, 0.4) is 0 Å². The van der Waals surface area contributed by atoms with Crippen LogP contribution in [-0.2, 0) is 0 Å². The summed E-state index contributed by atoms with van der Waals surface area (Å²) in [4.78, 5) is 14.1. The van der Waals surface area contributed by atoms with Gasteiger partial charge in [-0.1, -0.05) is 127 Å². The first-order chi connectivity index (χ1) is 29.7. The highest BCUT2D eigenvalue weighted by molar-refractivity contribution is 6.12. The number of para-hydroxylation sites is 3. The molecule has 6 heteroatoms. The third kappa shape index (κ3) is 5.63. The number of fused-ring (bicyclic) bond motifs is 6. The molecule has 0 amide bonds. The number of benzene rings is 8. The van der Waals surface area contributed by atoms with E-state index in [2.05, 4.69) is 129 Å². The molecule has 3 heterocycles. The molecule has 0 unspecified atom stereocenters. The van der Waals surface area contributed by atoms with Crippen molar-refractivity contribution >= 4 is 49.3 Å². The SMILES string of the molecule is [C-]#[N+]c1ccc2c(c1)c1cc(C#N)ccc1n2-c1ccc(-c2cc(-c3ccccc3)nc(-c3ccccc3)n2)cc1-c1ccccc1-n1c2ccccc2c2ccccc21. The zero-order chi connectivity index (χ0) is 40.2. The van der Waals surface area contributed by atoms with Crippen LogP contribution in [0.5, 0.6) is 0 Å².